The molecule has 3 nitrogen and oxygen atoms in total. The maximum atomic E-state index is 13.3. The molecule has 4 heteroatoms. The lowest BCUT2D eigenvalue weighted by molar-refractivity contribution is -0.119. The van der Waals surface area contributed by atoms with Gasteiger partial charge in [0.15, 0.2) is 0 Å². The van der Waals surface area contributed by atoms with Crippen LogP contribution in [0.3, 0.4) is 0 Å². The smallest absolute Gasteiger partial charge is 0.220 e. The van der Waals surface area contributed by atoms with Crippen molar-refractivity contribution in [2.75, 3.05) is 0 Å². The quantitative estimate of drug-likeness (QED) is 0.946. The zero-order valence-electron chi connectivity index (χ0n) is 12.9. The van der Waals surface area contributed by atoms with Gasteiger partial charge in [0, 0.05) is 24.1 Å². The Bertz CT molecular complexity index is 742. The molecular weight excluding hydrogens is 291 g/mol. The molecule has 1 aromatic heterocycles. The predicted molar refractivity (Wildman–Crippen MR) is 85.7 cm³/mol. The van der Waals surface area contributed by atoms with Gasteiger partial charge in [-0.05, 0) is 55.0 Å². The summed E-state index contributed by atoms with van der Waals surface area (Å²) in [6.45, 7) is 0. The standard InChI is InChI=1S/C19H19FN2O/c20-14-7-4-13(5-8-14)19(17-10-11-18(23)22-17)16-9-6-12-2-1-3-15(12)21-16/h4-9,17,19H,1-3,10-11H2,(H,22,23)/t17-,19+/m1/s1. The van der Waals surface area contributed by atoms with Gasteiger partial charge in [0.2, 0.25) is 5.91 Å². The van der Waals surface area contributed by atoms with Crippen LogP contribution in [0.25, 0.3) is 0 Å². The minimum Gasteiger partial charge on any atom is -0.352 e. The Morgan fingerprint density at radius 1 is 1.09 bits per heavy atom. The summed E-state index contributed by atoms with van der Waals surface area (Å²) in [4.78, 5) is 16.5. The van der Waals surface area contributed by atoms with Gasteiger partial charge >= 0.3 is 0 Å². The molecule has 23 heavy (non-hydrogen) atoms. The molecule has 0 spiro atoms. The molecule has 4 rings (SSSR count). The molecule has 0 saturated carbocycles. The number of halogens is 1. The Balaban J connectivity index is 1.75. The van der Waals surface area contributed by atoms with Gasteiger partial charge in [0.05, 0.1) is 5.69 Å². The fourth-order valence-electron chi connectivity index (χ4n) is 3.78. The number of hydrogen-bond acceptors (Lipinski definition) is 2. The van der Waals surface area contributed by atoms with Crippen molar-refractivity contribution < 1.29 is 9.18 Å². The number of rotatable bonds is 3. The Hall–Kier alpha value is -2.23. The third kappa shape index (κ3) is 2.74. The maximum Gasteiger partial charge on any atom is 0.220 e. The zero-order valence-corrected chi connectivity index (χ0v) is 12.9. The van der Waals surface area contributed by atoms with Crippen molar-refractivity contribution >= 4 is 5.91 Å². The fraction of sp³-hybridized carbons (Fsp3) is 0.368. The van der Waals surface area contributed by atoms with Crippen LogP contribution in [0.2, 0.25) is 0 Å². The lowest BCUT2D eigenvalue weighted by Gasteiger charge is -2.24. The Morgan fingerprint density at radius 3 is 2.65 bits per heavy atom. The van der Waals surface area contributed by atoms with Gasteiger partial charge in [0.25, 0.3) is 0 Å². The van der Waals surface area contributed by atoms with Crippen LogP contribution in [-0.4, -0.2) is 16.9 Å². The van der Waals surface area contributed by atoms with E-state index in [1.165, 1.54) is 23.4 Å². The molecule has 2 heterocycles. The molecule has 0 radical (unpaired) electrons. The number of aryl methyl sites for hydroxylation is 2. The van der Waals surface area contributed by atoms with Crippen LogP contribution >= 0.6 is 0 Å². The van der Waals surface area contributed by atoms with Crippen molar-refractivity contribution in [2.45, 2.75) is 44.1 Å². The molecule has 118 valence electrons. The summed E-state index contributed by atoms with van der Waals surface area (Å²) in [6.07, 6.45) is 4.63. The first-order valence-electron chi connectivity index (χ1n) is 8.24. The highest BCUT2D eigenvalue weighted by Crippen LogP contribution is 2.33. The third-order valence-electron chi connectivity index (χ3n) is 4.93. The van der Waals surface area contributed by atoms with Crippen molar-refractivity contribution in [1.29, 1.82) is 0 Å². The second-order valence-electron chi connectivity index (χ2n) is 6.44. The lowest BCUT2D eigenvalue weighted by Crippen LogP contribution is -2.32. The van der Waals surface area contributed by atoms with E-state index < -0.39 is 0 Å². The molecule has 1 amide bonds. The highest BCUT2D eigenvalue weighted by molar-refractivity contribution is 5.78. The third-order valence-corrected chi connectivity index (χ3v) is 4.93. The van der Waals surface area contributed by atoms with E-state index >= 15 is 0 Å². The number of carbonyl (C=O) groups is 1. The lowest BCUT2D eigenvalue weighted by atomic mass is 9.87. The number of amides is 1. The van der Waals surface area contributed by atoms with Crippen LogP contribution in [0.15, 0.2) is 36.4 Å². The van der Waals surface area contributed by atoms with Gasteiger partial charge in [0.1, 0.15) is 5.82 Å². The van der Waals surface area contributed by atoms with E-state index in [2.05, 4.69) is 17.4 Å². The molecule has 1 fully saturated rings. The molecule has 2 aliphatic rings. The first-order valence-corrected chi connectivity index (χ1v) is 8.24. The molecule has 0 bridgehead atoms. The molecule has 1 saturated heterocycles. The Morgan fingerprint density at radius 2 is 1.91 bits per heavy atom. The van der Waals surface area contributed by atoms with Crippen molar-refractivity contribution in [2.24, 2.45) is 0 Å². The van der Waals surface area contributed by atoms with Crippen LogP contribution in [0.1, 0.15) is 47.7 Å². The normalized spacial score (nSPS) is 21.1. The number of nitrogens with zero attached hydrogens (tertiary/aromatic N) is 1. The maximum absolute atomic E-state index is 13.3. The van der Waals surface area contributed by atoms with Gasteiger partial charge in [-0.3, -0.25) is 9.78 Å². The number of fused-ring (bicyclic) bond motifs is 1. The molecule has 2 aromatic rings. The Labute approximate surface area is 134 Å². The fourth-order valence-corrected chi connectivity index (χ4v) is 3.78. The first kappa shape index (κ1) is 14.4. The average Bonchev–Trinajstić information content (AvgIpc) is 3.18. The average molecular weight is 310 g/mol. The summed E-state index contributed by atoms with van der Waals surface area (Å²) in [6, 6.07) is 10.8. The largest absolute Gasteiger partial charge is 0.352 e. The van der Waals surface area contributed by atoms with E-state index in [9.17, 15) is 9.18 Å². The van der Waals surface area contributed by atoms with E-state index in [1.807, 2.05) is 0 Å². The van der Waals surface area contributed by atoms with E-state index in [-0.39, 0.29) is 23.7 Å². The number of benzene rings is 1. The van der Waals surface area contributed by atoms with Crippen molar-refractivity contribution in [3.05, 3.63) is 64.7 Å². The summed E-state index contributed by atoms with van der Waals surface area (Å²) >= 11 is 0. The number of carbonyl (C=O) groups excluding carboxylic acids is 1. The van der Waals surface area contributed by atoms with Crippen LogP contribution < -0.4 is 5.32 Å². The summed E-state index contributed by atoms with van der Waals surface area (Å²) in [5, 5.41) is 3.06. The molecular formula is C19H19FN2O. The van der Waals surface area contributed by atoms with Crippen molar-refractivity contribution in [3.63, 3.8) is 0 Å². The molecule has 1 N–H and O–H groups in total. The monoisotopic (exact) mass is 310 g/mol. The summed E-state index contributed by atoms with van der Waals surface area (Å²) in [5.41, 5.74) is 4.49. The molecule has 0 unspecified atom stereocenters. The highest BCUT2D eigenvalue weighted by atomic mass is 19.1. The van der Waals surface area contributed by atoms with Crippen LogP contribution in [0.5, 0.6) is 0 Å². The van der Waals surface area contributed by atoms with Crippen LogP contribution in [0.4, 0.5) is 4.39 Å². The van der Waals surface area contributed by atoms with E-state index in [4.69, 9.17) is 4.98 Å². The summed E-state index contributed by atoms with van der Waals surface area (Å²) in [5.74, 6) is -0.180. The minimum atomic E-state index is -0.245. The highest BCUT2D eigenvalue weighted by Gasteiger charge is 2.32. The second-order valence-corrected chi connectivity index (χ2v) is 6.44. The first-order chi connectivity index (χ1) is 11.2. The van der Waals surface area contributed by atoms with Crippen LogP contribution in [-0.2, 0) is 17.6 Å². The molecule has 1 aliphatic carbocycles. The van der Waals surface area contributed by atoms with Gasteiger partial charge < -0.3 is 5.32 Å². The molecule has 1 aliphatic heterocycles. The SMILES string of the molecule is O=C1CC[C@H]([C@@H](c2ccc(F)cc2)c2ccc3c(n2)CCC3)N1. The van der Waals surface area contributed by atoms with Crippen molar-refractivity contribution in [3.8, 4) is 0 Å². The predicted octanol–water partition coefficient (Wildman–Crippen LogP) is 3.12. The number of aromatic nitrogens is 1. The summed E-state index contributed by atoms with van der Waals surface area (Å²) < 4.78 is 13.3. The molecule has 1 aromatic carbocycles. The minimum absolute atomic E-state index is 0.0204. The van der Waals surface area contributed by atoms with E-state index in [0.29, 0.717) is 6.42 Å². The number of nitrogens with one attached hydrogen (secondary N) is 1. The van der Waals surface area contributed by atoms with E-state index in [1.54, 1.807) is 12.1 Å². The van der Waals surface area contributed by atoms with Crippen molar-refractivity contribution in [1.82, 2.24) is 10.3 Å². The second kappa shape index (κ2) is 5.76. The van der Waals surface area contributed by atoms with Gasteiger partial charge in [-0.15, -0.1) is 0 Å². The zero-order chi connectivity index (χ0) is 15.8. The summed E-state index contributed by atoms with van der Waals surface area (Å²) in [7, 11) is 0. The topological polar surface area (TPSA) is 42.0 Å². The van der Waals surface area contributed by atoms with Gasteiger partial charge in [-0.2, -0.15) is 0 Å². The Kier molecular flexibility index (Phi) is 3.60. The van der Waals surface area contributed by atoms with Crippen LogP contribution in [0, 0.1) is 5.82 Å². The van der Waals surface area contributed by atoms with Gasteiger partial charge in [-0.25, -0.2) is 4.39 Å². The van der Waals surface area contributed by atoms with Gasteiger partial charge in [-0.1, -0.05) is 18.2 Å². The number of pyridine rings is 1. The van der Waals surface area contributed by atoms with E-state index in [0.717, 1.165) is 36.9 Å². The number of hydrogen-bond donors (Lipinski definition) is 1. The molecule has 2 atom stereocenters.